The van der Waals surface area contributed by atoms with Gasteiger partial charge in [0.15, 0.2) is 0 Å². The molecule has 0 saturated heterocycles. The van der Waals surface area contributed by atoms with Crippen molar-refractivity contribution in [1.82, 2.24) is 0 Å². The van der Waals surface area contributed by atoms with Gasteiger partial charge in [-0.2, -0.15) is 0 Å². The third-order valence-corrected chi connectivity index (χ3v) is 2.38. The van der Waals surface area contributed by atoms with Crippen LogP contribution >= 0.6 is 23.2 Å². The van der Waals surface area contributed by atoms with E-state index >= 15 is 0 Å². The lowest BCUT2D eigenvalue weighted by Crippen LogP contribution is -1.77. The Labute approximate surface area is 93.1 Å². The van der Waals surface area contributed by atoms with Crippen molar-refractivity contribution in [3.8, 4) is 11.1 Å². The van der Waals surface area contributed by atoms with Gasteiger partial charge in [-0.3, -0.25) is 0 Å². The average molecular weight is 222 g/mol. The Morgan fingerprint density at radius 3 is 2.43 bits per heavy atom. The number of halogens is 2. The van der Waals surface area contributed by atoms with Crippen molar-refractivity contribution in [3.05, 3.63) is 58.6 Å². The Morgan fingerprint density at radius 1 is 0.929 bits per heavy atom. The summed E-state index contributed by atoms with van der Waals surface area (Å²) in [6.45, 7) is 0. The van der Waals surface area contributed by atoms with E-state index in [1.165, 1.54) is 0 Å². The zero-order valence-corrected chi connectivity index (χ0v) is 8.81. The van der Waals surface area contributed by atoms with Crippen molar-refractivity contribution in [3.63, 3.8) is 0 Å². The van der Waals surface area contributed by atoms with Crippen LogP contribution in [0, 0.1) is 6.07 Å². The normalized spacial score (nSPS) is 10.1. The van der Waals surface area contributed by atoms with Gasteiger partial charge in [0.05, 0.1) is 0 Å². The molecule has 0 bridgehead atoms. The minimum atomic E-state index is 0.613. The molecule has 0 N–H and O–H groups in total. The summed E-state index contributed by atoms with van der Waals surface area (Å²) in [4.78, 5) is 0. The molecule has 2 heteroatoms. The quantitative estimate of drug-likeness (QED) is 0.668. The van der Waals surface area contributed by atoms with Gasteiger partial charge in [-0.1, -0.05) is 47.5 Å². The molecule has 0 saturated carbocycles. The number of benzene rings is 2. The highest BCUT2D eigenvalue weighted by Crippen LogP contribution is 2.24. The summed E-state index contributed by atoms with van der Waals surface area (Å²) in [6.07, 6.45) is 0. The van der Waals surface area contributed by atoms with Crippen molar-refractivity contribution in [2.75, 3.05) is 0 Å². The minimum Gasteiger partial charge on any atom is -0.0843 e. The van der Waals surface area contributed by atoms with Crippen LogP contribution in [0.2, 0.25) is 10.0 Å². The third-order valence-electron chi connectivity index (χ3n) is 1.92. The topological polar surface area (TPSA) is 0 Å². The molecule has 1 radical (unpaired) electrons. The van der Waals surface area contributed by atoms with Crippen LogP contribution in [0.4, 0.5) is 0 Å². The summed E-state index contributed by atoms with van der Waals surface area (Å²) in [5, 5.41) is 1.34. The van der Waals surface area contributed by atoms with Crippen molar-refractivity contribution in [2.24, 2.45) is 0 Å². The second kappa shape index (κ2) is 4.04. The molecule has 0 amide bonds. The molecule has 0 atom stereocenters. The van der Waals surface area contributed by atoms with E-state index in [0.29, 0.717) is 5.02 Å². The second-order valence-corrected chi connectivity index (χ2v) is 3.78. The average Bonchev–Trinajstić information content (AvgIpc) is 2.18. The fraction of sp³-hybridized carbons (Fsp3) is 0. The van der Waals surface area contributed by atoms with Crippen molar-refractivity contribution >= 4 is 23.2 Å². The molecule has 0 aliphatic heterocycles. The number of hydrogen-bond donors (Lipinski definition) is 0. The van der Waals surface area contributed by atoms with E-state index in [0.717, 1.165) is 16.1 Å². The van der Waals surface area contributed by atoms with E-state index in [1.807, 2.05) is 36.4 Å². The van der Waals surface area contributed by atoms with E-state index in [2.05, 4.69) is 6.07 Å². The van der Waals surface area contributed by atoms with E-state index in [-0.39, 0.29) is 0 Å². The van der Waals surface area contributed by atoms with Gasteiger partial charge in [-0.15, -0.1) is 0 Å². The molecule has 14 heavy (non-hydrogen) atoms. The first-order chi connectivity index (χ1) is 6.75. The highest BCUT2D eigenvalue weighted by molar-refractivity contribution is 6.31. The Bertz CT molecular complexity index is 406. The molecule has 0 spiro atoms. The SMILES string of the molecule is Clc1[c]ccc(-c2cccc(Cl)c2)c1. The minimum absolute atomic E-state index is 0.613. The molecule has 0 aliphatic rings. The predicted octanol–water partition coefficient (Wildman–Crippen LogP) is 4.46. The Hall–Kier alpha value is -0.980. The van der Waals surface area contributed by atoms with E-state index in [9.17, 15) is 0 Å². The molecule has 0 heterocycles. The number of rotatable bonds is 1. The molecule has 0 fully saturated rings. The predicted molar refractivity (Wildman–Crippen MR) is 60.7 cm³/mol. The Kier molecular flexibility index (Phi) is 2.76. The maximum absolute atomic E-state index is 5.89. The largest absolute Gasteiger partial charge is 0.0843 e. The van der Waals surface area contributed by atoms with Crippen LogP contribution in [0.5, 0.6) is 0 Å². The molecular formula is C12H7Cl2. The molecule has 0 aromatic heterocycles. The van der Waals surface area contributed by atoms with Crippen LogP contribution < -0.4 is 0 Å². The zero-order valence-electron chi connectivity index (χ0n) is 7.30. The highest BCUT2D eigenvalue weighted by atomic mass is 35.5. The first-order valence-corrected chi connectivity index (χ1v) is 4.94. The standard InChI is InChI=1S/C12H7Cl2/c13-11-5-1-3-9(7-11)10-4-2-6-12(14)8-10/h1-5,7-8H. The second-order valence-electron chi connectivity index (χ2n) is 2.94. The van der Waals surface area contributed by atoms with E-state index < -0.39 is 0 Å². The van der Waals surface area contributed by atoms with Crippen LogP contribution in [0.1, 0.15) is 0 Å². The fourth-order valence-electron chi connectivity index (χ4n) is 1.28. The molecule has 2 aromatic carbocycles. The van der Waals surface area contributed by atoms with Crippen LogP contribution in [-0.4, -0.2) is 0 Å². The summed E-state index contributed by atoms with van der Waals surface area (Å²) >= 11 is 11.7. The number of hydrogen-bond acceptors (Lipinski definition) is 0. The lowest BCUT2D eigenvalue weighted by atomic mass is 10.1. The van der Waals surface area contributed by atoms with E-state index in [4.69, 9.17) is 23.2 Å². The summed E-state index contributed by atoms with van der Waals surface area (Å²) in [5.74, 6) is 0. The molecule has 69 valence electrons. The van der Waals surface area contributed by atoms with Gasteiger partial charge in [-0.05, 0) is 29.3 Å². The van der Waals surface area contributed by atoms with Crippen LogP contribution in [0.15, 0.2) is 42.5 Å². The summed E-state index contributed by atoms with van der Waals surface area (Å²) in [7, 11) is 0. The summed E-state index contributed by atoms with van der Waals surface area (Å²) < 4.78 is 0. The summed E-state index contributed by atoms with van der Waals surface area (Å²) in [5.41, 5.74) is 2.12. The van der Waals surface area contributed by atoms with Gasteiger partial charge in [0.2, 0.25) is 0 Å². The molecule has 0 aliphatic carbocycles. The van der Waals surface area contributed by atoms with Gasteiger partial charge in [-0.25, -0.2) is 0 Å². The maximum atomic E-state index is 5.89. The van der Waals surface area contributed by atoms with Crippen LogP contribution in [0.25, 0.3) is 11.1 Å². The molecule has 2 rings (SSSR count). The van der Waals surface area contributed by atoms with Crippen LogP contribution in [-0.2, 0) is 0 Å². The third kappa shape index (κ3) is 2.09. The Morgan fingerprint density at radius 2 is 1.71 bits per heavy atom. The smallest absolute Gasteiger partial charge is 0.0491 e. The summed E-state index contributed by atoms with van der Waals surface area (Å²) in [6, 6.07) is 16.2. The van der Waals surface area contributed by atoms with Gasteiger partial charge in [0.25, 0.3) is 0 Å². The van der Waals surface area contributed by atoms with Gasteiger partial charge >= 0.3 is 0 Å². The highest BCUT2D eigenvalue weighted by Gasteiger charge is 1.98. The van der Waals surface area contributed by atoms with Crippen molar-refractivity contribution < 1.29 is 0 Å². The van der Waals surface area contributed by atoms with Gasteiger partial charge in [0.1, 0.15) is 0 Å². The Balaban J connectivity index is 2.49. The van der Waals surface area contributed by atoms with Crippen molar-refractivity contribution in [2.45, 2.75) is 0 Å². The zero-order chi connectivity index (χ0) is 9.97. The lowest BCUT2D eigenvalue weighted by Gasteiger charge is -2.01. The van der Waals surface area contributed by atoms with Crippen molar-refractivity contribution in [1.29, 1.82) is 0 Å². The molecule has 0 unspecified atom stereocenters. The molecular weight excluding hydrogens is 215 g/mol. The van der Waals surface area contributed by atoms with Gasteiger partial charge < -0.3 is 0 Å². The first-order valence-electron chi connectivity index (χ1n) is 4.19. The monoisotopic (exact) mass is 221 g/mol. The molecule has 2 aromatic rings. The van der Waals surface area contributed by atoms with E-state index in [1.54, 1.807) is 6.07 Å². The lowest BCUT2D eigenvalue weighted by molar-refractivity contribution is 1.61. The first kappa shape index (κ1) is 9.57. The molecule has 0 nitrogen and oxygen atoms in total. The van der Waals surface area contributed by atoms with Gasteiger partial charge in [0, 0.05) is 16.1 Å². The van der Waals surface area contributed by atoms with Crippen LogP contribution in [0.3, 0.4) is 0 Å². The fourth-order valence-corrected chi connectivity index (χ4v) is 1.66. The maximum Gasteiger partial charge on any atom is 0.0491 e.